The number of ketones is 1. The zero-order valence-electron chi connectivity index (χ0n) is 11.5. The maximum atomic E-state index is 12.7. The molecule has 1 aromatic carbocycles. The van der Waals surface area contributed by atoms with Crippen LogP contribution in [0.25, 0.3) is 0 Å². The van der Waals surface area contributed by atoms with Crippen molar-refractivity contribution in [1.82, 2.24) is 0 Å². The highest BCUT2D eigenvalue weighted by molar-refractivity contribution is 7.62. The predicted molar refractivity (Wildman–Crippen MR) is 76.1 cm³/mol. The van der Waals surface area contributed by atoms with Gasteiger partial charge in [0.15, 0.2) is 5.78 Å². The number of carbonyl (C=O) groups excluding carboxylic acids is 1. The summed E-state index contributed by atoms with van der Waals surface area (Å²) in [6.07, 6.45) is 0. The number of rotatable bonds is 7. The van der Waals surface area contributed by atoms with E-state index in [4.69, 9.17) is 9.05 Å². The quantitative estimate of drug-likeness (QED) is 0.437. The predicted octanol–water partition coefficient (Wildman–Crippen LogP) is 3.34. The molecule has 1 aromatic rings. The molecule has 0 N–H and O–H groups in total. The minimum atomic E-state index is -3.46. The van der Waals surface area contributed by atoms with Crippen LogP contribution in [0, 0.1) is 0 Å². The summed E-state index contributed by atoms with van der Waals surface area (Å²) >= 11 is 0. The minimum Gasteiger partial charge on any atom is -0.305 e. The third-order valence-electron chi connectivity index (χ3n) is 2.43. The SMILES string of the molecule is C=C(C)C(=O)c1ccccc1P(=O)(OCC)OCC. The second-order valence-electron chi connectivity index (χ2n) is 3.96. The first-order chi connectivity index (χ1) is 8.96. The van der Waals surface area contributed by atoms with Crippen molar-refractivity contribution in [3.8, 4) is 0 Å². The lowest BCUT2D eigenvalue weighted by molar-refractivity contribution is 0.103. The summed E-state index contributed by atoms with van der Waals surface area (Å²) in [6.45, 7) is 9.19. The molecule has 0 heterocycles. The molecule has 0 fully saturated rings. The van der Waals surface area contributed by atoms with Gasteiger partial charge in [-0.3, -0.25) is 9.36 Å². The molecule has 0 atom stereocenters. The number of Topliss-reactive ketones (excluding diaryl/α,β-unsaturated/α-hetero) is 1. The minimum absolute atomic E-state index is 0.243. The molecule has 1 rings (SSSR count). The van der Waals surface area contributed by atoms with Crippen LogP contribution in [-0.4, -0.2) is 19.0 Å². The van der Waals surface area contributed by atoms with Gasteiger partial charge in [-0.25, -0.2) is 0 Å². The number of benzene rings is 1. The van der Waals surface area contributed by atoms with Crippen molar-refractivity contribution in [3.05, 3.63) is 42.0 Å². The van der Waals surface area contributed by atoms with Gasteiger partial charge in [-0.1, -0.05) is 24.8 Å². The zero-order valence-corrected chi connectivity index (χ0v) is 12.4. The molecule has 0 aromatic heterocycles. The van der Waals surface area contributed by atoms with E-state index >= 15 is 0 Å². The molecule has 4 nitrogen and oxygen atoms in total. The standard InChI is InChI=1S/C14H19O4P/c1-5-17-19(16,18-6-2)13-10-8-7-9-12(13)14(15)11(3)4/h7-10H,3,5-6H2,1-2,4H3. The second kappa shape index (κ2) is 6.80. The van der Waals surface area contributed by atoms with E-state index in [0.717, 1.165) is 0 Å². The Kier molecular flexibility index (Phi) is 5.67. The van der Waals surface area contributed by atoms with Crippen LogP contribution in [0.1, 0.15) is 31.1 Å². The maximum Gasteiger partial charge on any atom is 0.362 e. The summed E-state index contributed by atoms with van der Waals surface area (Å²) in [5.74, 6) is -0.254. The first-order valence-electron chi connectivity index (χ1n) is 6.15. The van der Waals surface area contributed by atoms with Gasteiger partial charge in [0, 0.05) is 5.56 Å². The van der Waals surface area contributed by atoms with Gasteiger partial charge in [0.05, 0.1) is 18.5 Å². The van der Waals surface area contributed by atoms with Gasteiger partial charge in [-0.2, -0.15) is 0 Å². The molecule has 0 saturated carbocycles. The van der Waals surface area contributed by atoms with Crippen molar-refractivity contribution < 1.29 is 18.4 Å². The molecule has 19 heavy (non-hydrogen) atoms. The number of carbonyl (C=O) groups is 1. The average Bonchev–Trinajstić information content (AvgIpc) is 2.38. The van der Waals surface area contributed by atoms with E-state index in [1.165, 1.54) is 0 Å². The smallest absolute Gasteiger partial charge is 0.305 e. The lowest BCUT2D eigenvalue weighted by Gasteiger charge is -2.19. The monoisotopic (exact) mass is 282 g/mol. The van der Waals surface area contributed by atoms with E-state index in [2.05, 4.69) is 6.58 Å². The Hall–Kier alpha value is -1.22. The number of hydrogen-bond acceptors (Lipinski definition) is 4. The molecule has 0 aliphatic carbocycles. The lowest BCUT2D eigenvalue weighted by Crippen LogP contribution is -2.19. The van der Waals surface area contributed by atoms with Crippen molar-refractivity contribution in [2.75, 3.05) is 13.2 Å². The van der Waals surface area contributed by atoms with Gasteiger partial charge >= 0.3 is 7.60 Å². The summed E-state index contributed by atoms with van der Waals surface area (Å²) in [4.78, 5) is 12.1. The van der Waals surface area contributed by atoms with E-state index in [0.29, 0.717) is 16.4 Å². The largest absolute Gasteiger partial charge is 0.362 e. The summed E-state index contributed by atoms with van der Waals surface area (Å²) < 4.78 is 23.3. The Morgan fingerprint density at radius 1 is 1.21 bits per heavy atom. The fraction of sp³-hybridized carbons (Fsp3) is 0.357. The van der Waals surface area contributed by atoms with Gasteiger partial charge in [-0.15, -0.1) is 0 Å². The Labute approximate surface area is 114 Å². The molecular formula is C14H19O4P. The fourth-order valence-electron chi connectivity index (χ4n) is 1.65. The van der Waals surface area contributed by atoms with Crippen LogP contribution >= 0.6 is 7.60 Å². The molecule has 104 valence electrons. The van der Waals surface area contributed by atoms with Gasteiger partial charge in [0.1, 0.15) is 0 Å². The first kappa shape index (κ1) is 15.8. The second-order valence-corrected chi connectivity index (χ2v) is 5.95. The van der Waals surface area contributed by atoms with Crippen molar-refractivity contribution in [2.45, 2.75) is 20.8 Å². The fourth-order valence-corrected chi connectivity index (χ4v) is 3.42. The van der Waals surface area contributed by atoms with E-state index in [1.54, 1.807) is 45.0 Å². The van der Waals surface area contributed by atoms with Crippen LogP contribution < -0.4 is 5.30 Å². The van der Waals surface area contributed by atoms with Crippen LogP contribution in [0.3, 0.4) is 0 Å². The van der Waals surface area contributed by atoms with Crippen molar-refractivity contribution in [1.29, 1.82) is 0 Å². The molecule has 0 bridgehead atoms. The highest BCUT2D eigenvalue weighted by atomic mass is 31.2. The van der Waals surface area contributed by atoms with Crippen molar-refractivity contribution >= 4 is 18.7 Å². The molecule has 0 aliphatic heterocycles. The molecule has 0 spiro atoms. The van der Waals surface area contributed by atoms with Gasteiger partial charge in [-0.05, 0) is 32.4 Å². The molecule has 5 heteroatoms. The van der Waals surface area contributed by atoms with Crippen LogP contribution in [-0.2, 0) is 13.6 Å². The summed E-state index contributed by atoms with van der Waals surface area (Å²) in [5, 5.41) is 0.298. The summed E-state index contributed by atoms with van der Waals surface area (Å²) in [5.41, 5.74) is 0.701. The summed E-state index contributed by atoms with van der Waals surface area (Å²) in [6, 6.07) is 6.62. The van der Waals surface area contributed by atoms with Crippen molar-refractivity contribution in [2.24, 2.45) is 0 Å². The van der Waals surface area contributed by atoms with Gasteiger partial charge < -0.3 is 9.05 Å². The van der Waals surface area contributed by atoms with Crippen LogP contribution in [0.4, 0.5) is 0 Å². The van der Waals surface area contributed by atoms with Gasteiger partial charge in [0.25, 0.3) is 0 Å². The van der Waals surface area contributed by atoms with Crippen LogP contribution in [0.2, 0.25) is 0 Å². The Morgan fingerprint density at radius 3 is 2.21 bits per heavy atom. The average molecular weight is 282 g/mol. The first-order valence-corrected chi connectivity index (χ1v) is 7.69. The zero-order chi connectivity index (χ0) is 14.5. The topological polar surface area (TPSA) is 52.6 Å². The van der Waals surface area contributed by atoms with E-state index in [1.807, 2.05) is 0 Å². The normalized spacial score (nSPS) is 11.3. The molecule has 0 unspecified atom stereocenters. The Balaban J connectivity index is 3.36. The third-order valence-corrected chi connectivity index (χ3v) is 4.61. The molecule has 0 saturated heterocycles. The highest BCUT2D eigenvalue weighted by Gasteiger charge is 2.31. The highest BCUT2D eigenvalue weighted by Crippen LogP contribution is 2.47. The van der Waals surface area contributed by atoms with E-state index in [9.17, 15) is 9.36 Å². The molecule has 0 amide bonds. The third kappa shape index (κ3) is 3.63. The van der Waals surface area contributed by atoms with Crippen LogP contribution in [0.5, 0.6) is 0 Å². The molecular weight excluding hydrogens is 263 g/mol. The molecule has 0 radical (unpaired) electrons. The maximum absolute atomic E-state index is 12.7. The van der Waals surface area contributed by atoms with Crippen LogP contribution in [0.15, 0.2) is 36.4 Å². The lowest BCUT2D eigenvalue weighted by atomic mass is 10.1. The Bertz CT molecular complexity index is 512. The van der Waals surface area contributed by atoms with Crippen molar-refractivity contribution in [3.63, 3.8) is 0 Å². The Morgan fingerprint density at radius 2 is 1.74 bits per heavy atom. The number of hydrogen-bond donors (Lipinski definition) is 0. The molecule has 0 aliphatic rings. The van der Waals surface area contributed by atoms with E-state index < -0.39 is 7.60 Å². The van der Waals surface area contributed by atoms with E-state index in [-0.39, 0.29) is 19.0 Å². The van der Waals surface area contributed by atoms with Gasteiger partial charge in [0.2, 0.25) is 0 Å². The number of allylic oxidation sites excluding steroid dienone is 1. The summed E-state index contributed by atoms with van der Waals surface area (Å²) in [7, 11) is -3.46.